The molecule has 0 bridgehead atoms. The summed E-state index contributed by atoms with van der Waals surface area (Å²) in [6.07, 6.45) is -1.23. The summed E-state index contributed by atoms with van der Waals surface area (Å²) in [6, 6.07) is 8.37. The third kappa shape index (κ3) is 6.12. The van der Waals surface area contributed by atoms with Crippen molar-refractivity contribution in [2.45, 2.75) is 25.4 Å². The zero-order chi connectivity index (χ0) is 25.0. The molecule has 0 saturated heterocycles. The van der Waals surface area contributed by atoms with Crippen LogP contribution in [0.1, 0.15) is 35.6 Å². The molecule has 0 fully saturated rings. The van der Waals surface area contributed by atoms with E-state index < -0.39 is 53.7 Å². The Kier molecular flexibility index (Phi) is 5.50. The lowest BCUT2D eigenvalue weighted by molar-refractivity contribution is -0.120. The van der Waals surface area contributed by atoms with Gasteiger partial charge >= 0.3 is 0 Å². The van der Waals surface area contributed by atoms with Crippen LogP contribution in [-0.4, -0.2) is 16.1 Å². The van der Waals surface area contributed by atoms with Gasteiger partial charge in [-0.3, -0.25) is 4.79 Å². The molecule has 156 valence electrons. The fourth-order valence-corrected chi connectivity index (χ4v) is 3.00. The molecule has 30 heavy (non-hydrogen) atoms. The van der Waals surface area contributed by atoms with Crippen molar-refractivity contribution in [3.63, 3.8) is 0 Å². The number of carbonyl (C=O) groups excluding carboxylic acids is 1. The molecule has 0 spiro atoms. The summed E-state index contributed by atoms with van der Waals surface area (Å²) in [4.78, 5) is 13.0. The fourth-order valence-electron chi connectivity index (χ4n) is 3.00. The van der Waals surface area contributed by atoms with E-state index >= 15 is 0 Å². The number of halogens is 2. The molecule has 0 saturated carbocycles. The van der Waals surface area contributed by atoms with Crippen molar-refractivity contribution in [2.75, 3.05) is 5.32 Å². The summed E-state index contributed by atoms with van der Waals surface area (Å²) in [5.41, 5.74) is 0.775. The van der Waals surface area contributed by atoms with E-state index in [4.69, 9.17) is 5.48 Å². The standard InChI is InChI=1S/C24H23F2NO3/c25-19-6-3-17(4-7-19)23(29)14-5-18(15-16-1-12-22(28)13-2-16)24(30)27-21-10-8-20(26)9-11-21/h1-4,6-13,18,23,28-29H,5,14-15H2,(H,27,30)/t18-,23?/m1/s1/i3D,4D,6D,7D. The first-order valence-corrected chi connectivity index (χ1v) is 9.36. The van der Waals surface area contributed by atoms with Crippen LogP contribution in [0.4, 0.5) is 14.5 Å². The number of aliphatic hydroxyl groups excluding tert-OH is 1. The minimum Gasteiger partial charge on any atom is -0.508 e. The van der Waals surface area contributed by atoms with E-state index in [9.17, 15) is 23.8 Å². The first kappa shape index (κ1) is 16.5. The van der Waals surface area contributed by atoms with Crippen molar-refractivity contribution in [3.05, 3.63) is 95.5 Å². The SMILES string of the molecule is [2H]c1c([2H])c(C(O)CC[C@H](Cc2ccc(O)cc2)C(=O)Nc2ccc(F)cc2)c([2H])c([2H])c1F. The molecule has 1 unspecified atom stereocenters. The normalized spacial score (nSPS) is 14.8. The summed E-state index contributed by atoms with van der Waals surface area (Å²) >= 11 is 0. The van der Waals surface area contributed by atoms with Gasteiger partial charge in [-0.25, -0.2) is 8.78 Å². The molecule has 1 amide bonds. The van der Waals surface area contributed by atoms with E-state index in [0.29, 0.717) is 5.69 Å². The van der Waals surface area contributed by atoms with Crippen molar-refractivity contribution in [2.24, 2.45) is 5.92 Å². The number of phenols is 1. The van der Waals surface area contributed by atoms with E-state index in [2.05, 4.69) is 5.32 Å². The lowest BCUT2D eigenvalue weighted by Gasteiger charge is -2.19. The predicted molar refractivity (Wildman–Crippen MR) is 111 cm³/mol. The van der Waals surface area contributed by atoms with Crippen molar-refractivity contribution in [3.8, 4) is 5.75 Å². The zero-order valence-corrected chi connectivity index (χ0v) is 16.0. The topological polar surface area (TPSA) is 69.6 Å². The first-order chi connectivity index (χ1) is 16.1. The number of aliphatic hydroxyl groups is 1. The molecular weight excluding hydrogens is 388 g/mol. The van der Waals surface area contributed by atoms with Crippen LogP contribution in [0, 0.1) is 17.6 Å². The number of hydrogen-bond donors (Lipinski definition) is 3. The second kappa shape index (κ2) is 9.98. The highest BCUT2D eigenvalue weighted by atomic mass is 19.1. The number of amides is 1. The third-order valence-corrected chi connectivity index (χ3v) is 4.64. The second-order valence-corrected chi connectivity index (χ2v) is 6.88. The van der Waals surface area contributed by atoms with E-state index in [0.717, 1.165) is 5.56 Å². The maximum atomic E-state index is 13.8. The molecular formula is C24H23F2NO3. The largest absolute Gasteiger partial charge is 0.508 e. The molecule has 3 aromatic carbocycles. The van der Waals surface area contributed by atoms with E-state index in [1.165, 1.54) is 36.4 Å². The minimum absolute atomic E-state index is 0.0612. The number of benzene rings is 3. The zero-order valence-electron chi connectivity index (χ0n) is 20.0. The Hall–Kier alpha value is -3.25. The van der Waals surface area contributed by atoms with Gasteiger partial charge in [0.25, 0.3) is 0 Å². The molecule has 0 aliphatic carbocycles. The number of anilines is 1. The second-order valence-electron chi connectivity index (χ2n) is 6.88. The maximum absolute atomic E-state index is 13.8. The Balaban J connectivity index is 1.81. The smallest absolute Gasteiger partial charge is 0.227 e. The van der Waals surface area contributed by atoms with Gasteiger partial charge in [0.15, 0.2) is 0 Å². The minimum atomic E-state index is -1.46. The molecule has 0 aliphatic rings. The van der Waals surface area contributed by atoms with Gasteiger partial charge in [-0.15, -0.1) is 0 Å². The highest BCUT2D eigenvalue weighted by Gasteiger charge is 2.21. The number of hydrogen-bond acceptors (Lipinski definition) is 3. The Bertz CT molecular complexity index is 1150. The Morgan fingerprint density at radius 1 is 0.933 bits per heavy atom. The van der Waals surface area contributed by atoms with Gasteiger partial charge in [0.1, 0.15) is 17.4 Å². The van der Waals surface area contributed by atoms with Crippen LogP contribution in [-0.2, 0) is 11.2 Å². The lowest BCUT2D eigenvalue weighted by atomic mass is 9.91. The number of phenolic OH excluding ortho intramolecular Hbond substituents is 1. The number of carbonyl (C=O) groups is 1. The third-order valence-electron chi connectivity index (χ3n) is 4.64. The Morgan fingerprint density at radius 2 is 1.57 bits per heavy atom. The van der Waals surface area contributed by atoms with Crippen LogP contribution in [0.2, 0.25) is 0 Å². The molecule has 2 atom stereocenters. The van der Waals surface area contributed by atoms with Gasteiger partial charge < -0.3 is 15.5 Å². The summed E-state index contributed by atoms with van der Waals surface area (Å²) < 4.78 is 58.1. The van der Waals surface area contributed by atoms with Gasteiger partial charge in [0, 0.05) is 11.6 Å². The van der Waals surface area contributed by atoms with Crippen molar-refractivity contribution in [1.29, 1.82) is 0 Å². The van der Waals surface area contributed by atoms with E-state index in [1.54, 1.807) is 12.1 Å². The van der Waals surface area contributed by atoms with E-state index in [1.807, 2.05) is 0 Å². The Labute approximate surface area is 179 Å². The van der Waals surface area contributed by atoms with E-state index in [-0.39, 0.29) is 30.6 Å². The molecule has 0 aromatic heterocycles. The molecule has 3 rings (SSSR count). The molecule has 3 aromatic rings. The van der Waals surface area contributed by atoms with Crippen LogP contribution in [0.5, 0.6) is 5.75 Å². The molecule has 0 heterocycles. The van der Waals surface area contributed by atoms with Gasteiger partial charge in [-0.05, 0) is 78.9 Å². The van der Waals surface area contributed by atoms with Crippen molar-refractivity contribution >= 4 is 11.6 Å². The summed E-state index contributed by atoms with van der Waals surface area (Å²) in [5.74, 6) is -2.80. The highest BCUT2D eigenvalue weighted by molar-refractivity contribution is 5.92. The van der Waals surface area contributed by atoms with Crippen LogP contribution in [0.3, 0.4) is 0 Å². The molecule has 4 nitrogen and oxygen atoms in total. The Morgan fingerprint density at radius 3 is 2.20 bits per heavy atom. The van der Waals surface area contributed by atoms with Crippen LogP contribution in [0.15, 0.2) is 72.7 Å². The lowest BCUT2D eigenvalue weighted by Crippen LogP contribution is -2.25. The van der Waals surface area contributed by atoms with Crippen LogP contribution in [0.25, 0.3) is 0 Å². The molecule has 3 N–H and O–H groups in total. The maximum Gasteiger partial charge on any atom is 0.227 e. The van der Waals surface area contributed by atoms with Crippen molar-refractivity contribution < 1.29 is 29.3 Å². The van der Waals surface area contributed by atoms with Gasteiger partial charge in [-0.2, -0.15) is 0 Å². The van der Waals surface area contributed by atoms with Crippen LogP contribution < -0.4 is 5.32 Å². The summed E-state index contributed by atoms with van der Waals surface area (Å²) in [5, 5.41) is 22.8. The molecule has 6 heteroatoms. The average Bonchev–Trinajstić information content (AvgIpc) is 2.81. The number of aromatic hydroxyl groups is 1. The molecule has 0 aliphatic heterocycles. The predicted octanol–water partition coefficient (Wildman–Crippen LogP) is 4.98. The van der Waals surface area contributed by atoms with Crippen LogP contribution >= 0.6 is 0 Å². The number of rotatable bonds is 8. The number of nitrogens with one attached hydrogen (secondary N) is 1. The van der Waals surface area contributed by atoms with Gasteiger partial charge in [0.05, 0.1) is 11.6 Å². The fraction of sp³-hybridized carbons (Fsp3) is 0.208. The van der Waals surface area contributed by atoms with Crippen molar-refractivity contribution in [1.82, 2.24) is 0 Å². The van der Waals surface area contributed by atoms with Gasteiger partial charge in [0.2, 0.25) is 5.91 Å². The molecule has 0 radical (unpaired) electrons. The summed E-state index contributed by atoms with van der Waals surface area (Å²) in [7, 11) is 0. The first-order valence-electron chi connectivity index (χ1n) is 11.4. The quantitative estimate of drug-likeness (QED) is 0.486. The monoisotopic (exact) mass is 415 g/mol. The van der Waals surface area contributed by atoms with Gasteiger partial charge in [-0.1, -0.05) is 24.2 Å². The summed E-state index contributed by atoms with van der Waals surface area (Å²) in [6.45, 7) is 0. The highest BCUT2D eigenvalue weighted by Crippen LogP contribution is 2.25. The average molecular weight is 415 g/mol.